The van der Waals surface area contributed by atoms with Gasteiger partial charge in [0.2, 0.25) is 0 Å². The topological polar surface area (TPSA) is 85.0 Å². The minimum Gasteiger partial charge on any atom is -0.361 e. The highest BCUT2D eigenvalue weighted by molar-refractivity contribution is 14.0. The number of nitrogens with zero attached hydrogens (tertiary/aromatic N) is 4. The third-order valence-corrected chi connectivity index (χ3v) is 5.41. The SMILES string of the molecule is CN=C(NCCCc1c[nH]c2ccccc12)N1CCC(c2ncn[nH]2)CC1.I. The first-order valence-electron chi connectivity index (χ1n) is 9.71. The van der Waals surface area contributed by atoms with Gasteiger partial charge in [0.15, 0.2) is 5.96 Å². The number of aliphatic imine (C=N–C) groups is 1. The molecule has 0 radical (unpaired) electrons. The van der Waals surface area contributed by atoms with Crippen LogP contribution in [-0.4, -0.2) is 57.7 Å². The molecule has 4 rings (SSSR count). The van der Waals surface area contributed by atoms with Crippen LogP contribution in [-0.2, 0) is 6.42 Å². The molecule has 1 aromatic carbocycles. The van der Waals surface area contributed by atoms with Gasteiger partial charge < -0.3 is 15.2 Å². The van der Waals surface area contributed by atoms with Crippen LogP contribution in [0.3, 0.4) is 0 Å². The molecule has 7 nitrogen and oxygen atoms in total. The van der Waals surface area contributed by atoms with E-state index in [4.69, 9.17) is 0 Å². The van der Waals surface area contributed by atoms with E-state index < -0.39 is 0 Å². The van der Waals surface area contributed by atoms with Gasteiger partial charge in [-0.2, -0.15) is 5.10 Å². The van der Waals surface area contributed by atoms with E-state index in [9.17, 15) is 0 Å². The number of hydrogen-bond donors (Lipinski definition) is 3. The summed E-state index contributed by atoms with van der Waals surface area (Å²) < 4.78 is 0. The van der Waals surface area contributed by atoms with Gasteiger partial charge in [0.1, 0.15) is 12.2 Å². The summed E-state index contributed by atoms with van der Waals surface area (Å²) in [5, 5.41) is 11.8. The number of H-pyrrole nitrogens is 2. The smallest absolute Gasteiger partial charge is 0.193 e. The Kier molecular flexibility index (Phi) is 7.30. The Bertz CT molecular complexity index is 879. The maximum Gasteiger partial charge on any atom is 0.193 e. The van der Waals surface area contributed by atoms with Crippen molar-refractivity contribution in [2.45, 2.75) is 31.6 Å². The van der Waals surface area contributed by atoms with Gasteiger partial charge in [0, 0.05) is 49.7 Å². The highest BCUT2D eigenvalue weighted by Crippen LogP contribution is 2.25. The summed E-state index contributed by atoms with van der Waals surface area (Å²) in [4.78, 5) is 14.5. The van der Waals surface area contributed by atoms with Gasteiger partial charge in [-0.1, -0.05) is 18.2 Å². The van der Waals surface area contributed by atoms with Crippen molar-refractivity contribution in [2.75, 3.05) is 26.7 Å². The molecule has 1 fully saturated rings. The number of para-hydroxylation sites is 1. The molecule has 2 aromatic heterocycles. The molecule has 0 unspecified atom stereocenters. The van der Waals surface area contributed by atoms with Gasteiger partial charge in [0.05, 0.1) is 0 Å². The molecule has 1 aliphatic heterocycles. The van der Waals surface area contributed by atoms with Crippen LogP contribution < -0.4 is 5.32 Å². The Morgan fingerprint density at radius 3 is 2.86 bits per heavy atom. The normalized spacial score (nSPS) is 15.6. The van der Waals surface area contributed by atoms with Gasteiger partial charge in [0.25, 0.3) is 0 Å². The van der Waals surface area contributed by atoms with Crippen LogP contribution in [0.25, 0.3) is 10.9 Å². The minimum atomic E-state index is 0. The Balaban J connectivity index is 0.00000225. The molecule has 0 atom stereocenters. The Labute approximate surface area is 182 Å². The zero-order chi connectivity index (χ0) is 18.5. The largest absolute Gasteiger partial charge is 0.361 e. The Morgan fingerprint density at radius 1 is 1.29 bits per heavy atom. The fourth-order valence-electron chi connectivity index (χ4n) is 3.93. The summed E-state index contributed by atoms with van der Waals surface area (Å²) in [6.45, 7) is 2.91. The van der Waals surface area contributed by atoms with E-state index in [1.165, 1.54) is 16.5 Å². The van der Waals surface area contributed by atoms with Gasteiger partial charge >= 0.3 is 0 Å². The summed E-state index contributed by atoms with van der Waals surface area (Å²) in [6, 6.07) is 8.48. The molecule has 1 aliphatic rings. The average molecular weight is 493 g/mol. The second-order valence-electron chi connectivity index (χ2n) is 7.07. The zero-order valence-corrected chi connectivity index (χ0v) is 18.5. The number of halogens is 1. The molecule has 0 bridgehead atoms. The third-order valence-electron chi connectivity index (χ3n) is 5.41. The number of hydrogen-bond acceptors (Lipinski definition) is 3. The van der Waals surface area contributed by atoms with Crippen molar-refractivity contribution < 1.29 is 0 Å². The summed E-state index contributed by atoms with van der Waals surface area (Å²) in [7, 11) is 1.87. The molecule has 3 heterocycles. The van der Waals surface area contributed by atoms with E-state index in [1.807, 2.05) is 7.05 Å². The third kappa shape index (κ3) is 4.65. The number of guanidine groups is 1. The molecule has 0 aliphatic carbocycles. The first-order valence-corrected chi connectivity index (χ1v) is 9.71. The van der Waals surface area contributed by atoms with Crippen LogP contribution in [0.5, 0.6) is 0 Å². The lowest BCUT2D eigenvalue weighted by Gasteiger charge is -2.33. The van der Waals surface area contributed by atoms with E-state index in [2.05, 4.69) is 65.8 Å². The van der Waals surface area contributed by atoms with Crippen LogP contribution in [0.15, 0.2) is 41.8 Å². The van der Waals surface area contributed by atoms with Gasteiger partial charge in [-0.25, -0.2) is 4.98 Å². The lowest BCUT2D eigenvalue weighted by Crippen LogP contribution is -2.45. The van der Waals surface area contributed by atoms with Crippen LogP contribution in [0.1, 0.15) is 36.6 Å². The van der Waals surface area contributed by atoms with Crippen LogP contribution in [0, 0.1) is 0 Å². The number of aryl methyl sites for hydroxylation is 1. The van der Waals surface area contributed by atoms with E-state index in [0.717, 1.165) is 57.1 Å². The molecule has 8 heteroatoms. The molecule has 3 aromatic rings. The Hall–Kier alpha value is -2.10. The maximum atomic E-state index is 4.47. The van der Waals surface area contributed by atoms with Gasteiger partial charge in [-0.05, 0) is 37.3 Å². The van der Waals surface area contributed by atoms with Crippen LogP contribution >= 0.6 is 24.0 Å². The van der Waals surface area contributed by atoms with E-state index in [-0.39, 0.29) is 24.0 Å². The standard InChI is InChI=1S/C20H27N7.HI/c1-21-20(27-11-8-15(9-12-27)19-24-14-25-26-19)22-10-4-5-16-13-23-18-7-3-2-6-17(16)18;/h2-3,6-7,13-15,23H,4-5,8-12H2,1H3,(H,21,22)(H,24,25,26);1H. The van der Waals surface area contributed by atoms with Crippen molar-refractivity contribution >= 4 is 40.8 Å². The number of aromatic amines is 2. The van der Waals surface area contributed by atoms with Crippen molar-refractivity contribution in [3.63, 3.8) is 0 Å². The molecule has 0 spiro atoms. The first-order chi connectivity index (χ1) is 13.3. The highest BCUT2D eigenvalue weighted by Gasteiger charge is 2.24. The van der Waals surface area contributed by atoms with Gasteiger partial charge in [-0.15, -0.1) is 24.0 Å². The molecule has 28 heavy (non-hydrogen) atoms. The zero-order valence-electron chi connectivity index (χ0n) is 16.2. The highest BCUT2D eigenvalue weighted by atomic mass is 127. The summed E-state index contributed by atoms with van der Waals surface area (Å²) in [5.74, 6) is 2.49. The molecular formula is C20H28IN7. The van der Waals surface area contributed by atoms with E-state index in [1.54, 1.807) is 6.33 Å². The second-order valence-corrected chi connectivity index (χ2v) is 7.07. The fraction of sp³-hybridized carbons (Fsp3) is 0.450. The van der Waals surface area contributed by atoms with Crippen molar-refractivity contribution in [2.24, 2.45) is 4.99 Å². The summed E-state index contributed by atoms with van der Waals surface area (Å²) in [6.07, 6.45) is 8.01. The number of piperidine rings is 1. The number of benzene rings is 1. The van der Waals surface area contributed by atoms with Crippen molar-refractivity contribution in [1.82, 2.24) is 30.4 Å². The van der Waals surface area contributed by atoms with Crippen molar-refractivity contribution in [1.29, 1.82) is 0 Å². The average Bonchev–Trinajstić information content (AvgIpc) is 3.39. The molecule has 150 valence electrons. The maximum absolute atomic E-state index is 4.47. The van der Waals surface area contributed by atoms with E-state index in [0.29, 0.717) is 5.92 Å². The first kappa shape index (κ1) is 20.6. The number of likely N-dealkylation sites (tertiary alicyclic amines) is 1. The Morgan fingerprint density at radius 2 is 2.11 bits per heavy atom. The number of aromatic nitrogens is 4. The predicted octanol–water partition coefficient (Wildman–Crippen LogP) is 3.29. The number of nitrogens with one attached hydrogen (secondary N) is 3. The van der Waals surface area contributed by atoms with E-state index >= 15 is 0 Å². The predicted molar refractivity (Wildman–Crippen MR) is 123 cm³/mol. The number of fused-ring (bicyclic) bond motifs is 1. The molecule has 3 N–H and O–H groups in total. The summed E-state index contributed by atoms with van der Waals surface area (Å²) >= 11 is 0. The lowest BCUT2D eigenvalue weighted by atomic mass is 9.96. The number of rotatable bonds is 5. The summed E-state index contributed by atoms with van der Waals surface area (Å²) in [5.41, 5.74) is 2.60. The monoisotopic (exact) mass is 493 g/mol. The van der Waals surface area contributed by atoms with Crippen LogP contribution in [0.4, 0.5) is 0 Å². The lowest BCUT2D eigenvalue weighted by molar-refractivity contribution is 0.299. The molecule has 0 amide bonds. The fourth-order valence-corrected chi connectivity index (χ4v) is 3.93. The van der Waals surface area contributed by atoms with Crippen molar-refractivity contribution in [3.8, 4) is 0 Å². The molecular weight excluding hydrogens is 465 g/mol. The van der Waals surface area contributed by atoms with Crippen LogP contribution in [0.2, 0.25) is 0 Å². The molecule has 0 saturated carbocycles. The van der Waals surface area contributed by atoms with Gasteiger partial charge in [-0.3, -0.25) is 10.1 Å². The minimum absolute atomic E-state index is 0. The molecule has 1 saturated heterocycles. The second kappa shape index (κ2) is 9.90. The van der Waals surface area contributed by atoms with Crippen molar-refractivity contribution in [3.05, 3.63) is 48.2 Å². The quantitative estimate of drug-likeness (QED) is 0.221.